The number of unbranched alkanes of at least 4 members (excludes halogenated alkanes) is 2. The fraction of sp³-hybridized carbons (Fsp3) is 0.636. The van der Waals surface area contributed by atoms with Gasteiger partial charge in [0.1, 0.15) is 12.4 Å². The quantitative estimate of drug-likeness (QED) is 0.436. The number of carbonyl (C=O) groups is 2. The lowest BCUT2D eigenvalue weighted by Crippen LogP contribution is -2.29. The molecule has 3 aliphatic rings. The molecule has 3 amide bonds. The van der Waals surface area contributed by atoms with E-state index in [1.165, 1.54) is 17.4 Å². The van der Waals surface area contributed by atoms with Crippen molar-refractivity contribution in [1.29, 1.82) is 0 Å². The minimum absolute atomic E-state index is 0.0341. The molecule has 1 aromatic rings. The molecule has 0 spiro atoms. The minimum Gasteiger partial charge on any atom is -0.369 e. The van der Waals surface area contributed by atoms with Crippen molar-refractivity contribution in [3.05, 3.63) is 29.6 Å². The number of fused-ring (bicyclic) bond motifs is 1. The Labute approximate surface area is 182 Å². The Morgan fingerprint density at radius 1 is 1.16 bits per heavy atom. The second-order valence-electron chi connectivity index (χ2n) is 9.22. The van der Waals surface area contributed by atoms with Crippen molar-refractivity contribution < 1.29 is 22.4 Å². The van der Waals surface area contributed by atoms with Gasteiger partial charge >= 0.3 is 6.03 Å². The fourth-order valence-electron chi connectivity index (χ4n) is 4.70. The lowest BCUT2D eigenvalue weighted by Gasteiger charge is -2.23. The van der Waals surface area contributed by atoms with E-state index >= 15 is 0 Å². The highest BCUT2D eigenvalue weighted by Gasteiger charge is 2.45. The average Bonchev–Trinajstić information content (AvgIpc) is 3.16. The van der Waals surface area contributed by atoms with Gasteiger partial charge in [-0.3, -0.25) is 10.1 Å². The summed E-state index contributed by atoms with van der Waals surface area (Å²) in [6.07, 6.45) is 3.09. The third-order valence-corrected chi connectivity index (χ3v) is 8.53. The molecule has 31 heavy (non-hydrogen) atoms. The van der Waals surface area contributed by atoms with Crippen molar-refractivity contribution in [2.75, 3.05) is 42.6 Å². The summed E-state index contributed by atoms with van der Waals surface area (Å²) < 4.78 is 39.5. The number of benzene rings is 1. The summed E-state index contributed by atoms with van der Waals surface area (Å²) >= 11 is 0. The molecule has 2 unspecified atom stereocenters. The monoisotopic (exact) mass is 451 g/mol. The van der Waals surface area contributed by atoms with E-state index in [0.717, 1.165) is 18.7 Å². The molecule has 4 rings (SSSR count). The Bertz CT molecular complexity index is 958. The van der Waals surface area contributed by atoms with Crippen molar-refractivity contribution >= 4 is 27.5 Å². The van der Waals surface area contributed by atoms with Crippen LogP contribution < -0.4 is 10.2 Å². The van der Waals surface area contributed by atoms with E-state index in [1.807, 2.05) is 13.0 Å². The maximum Gasteiger partial charge on any atom is 0.324 e. The number of imide groups is 1. The van der Waals surface area contributed by atoms with Gasteiger partial charge in [0.15, 0.2) is 9.84 Å². The number of halogens is 1. The second-order valence-corrected chi connectivity index (χ2v) is 11.5. The van der Waals surface area contributed by atoms with Crippen LogP contribution in [0, 0.1) is 17.7 Å². The molecule has 3 fully saturated rings. The molecule has 0 bridgehead atoms. The Morgan fingerprint density at radius 3 is 2.58 bits per heavy atom. The minimum atomic E-state index is -3.25. The van der Waals surface area contributed by atoms with Crippen molar-refractivity contribution in [2.45, 2.75) is 38.5 Å². The fourth-order valence-corrected chi connectivity index (χ4v) is 6.46. The number of piperidine rings is 1. The zero-order valence-electron chi connectivity index (χ0n) is 17.8. The zero-order chi connectivity index (χ0) is 22.2. The molecule has 1 aliphatic carbocycles. The van der Waals surface area contributed by atoms with Crippen molar-refractivity contribution in [2.24, 2.45) is 11.8 Å². The first kappa shape index (κ1) is 22.0. The molecular formula is C22H30FN3O4S. The number of anilines is 1. The van der Waals surface area contributed by atoms with Gasteiger partial charge in [0.05, 0.1) is 17.2 Å². The van der Waals surface area contributed by atoms with Crippen LogP contribution in [0.2, 0.25) is 0 Å². The molecule has 2 aliphatic heterocycles. The number of rotatable bonds is 10. The van der Waals surface area contributed by atoms with Gasteiger partial charge in [-0.15, -0.1) is 0 Å². The predicted molar refractivity (Wildman–Crippen MR) is 116 cm³/mol. The summed E-state index contributed by atoms with van der Waals surface area (Å²) in [5.41, 5.74) is 1.45. The largest absolute Gasteiger partial charge is 0.369 e. The molecule has 7 nitrogen and oxygen atoms in total. The predicted octanol–water partition coefficient (Wildman–Crippen LogP) is 2.52. The van der Waals surface area contributed by atoms with Crippen LogP contribution in [-0.4, -0.2) is 62.9 Å². The van der Waals surface area contributed by atoms with Crippen LogP contribution in [0.1, 0.15) is 44.1 Å². The van der Waals surface area contributed by atoms with Crippen LogP contribution in [0.15, 0.2) is 18.2 Å². The number of hydrogen-bond donors (Lipinski definition) is 1. The third-order valence-electron chi connectivity index (χ3n) is 6.61. The van der Waals surface area contributed by atoms with E-state index in [0.29, 0.717) is 43.3 Å². The van der Waals surface area contributed by atoms with E-state index in [9.17, 15) is 22.4 Å². The van der Waals surface area contributed by atoms with Gasteiger partial charge < -0.3 is 9.80 Å². The first-order chi connectivity index (χ1) is 14.7. The van der Waals surface area contributed by atoms with Gasteiger partial charge in [0, 0.05) is 19.6 Å². The Kier molecular flexibility index (Phi) is 6.23. The number of nitrogens with zero attached hydrogens (tertiary/aromatic N) is 2. The van der Waals surface area contributed by atoms with Gasteiger partial charge in [0.25, 0.3) is 0 Å². The van der Waals surface area contributed by atoms with Crippen LogP contribution in [0.25, 0.3) is 0 Å². The van der Waals surface area contributed by atoms with Gasteiger partial charge in [-0.2, -0.15) is 0 Å². The highest BCUT2D eigenvalue weighted by atomic mass is 32.2. The number of nitrogens with one attached hydrogen (secondary N) is 1. The van der Waals surface area contributed by atoms with Gasteiger partial charge in [0.2, 0.25) is 5.91 Å². The Hall–Kier alpha value is -2.16. The summed E-state index contributed by atoms with van der Waals surface area (Å²) in [5.74, 6) is 0.766. The number of urea groups is 1. The standard InChI is InChI=1S/C22H30FN3O4S/c1-15(16-5-6-19(23)20(10-16)26-11-17-9-18(17)12-26)14-31(29,30)8-4-2-3-7-25-13-21(27)24-22(25)28/h5-6,10,15,17-18H,2-4,7-9,11-14H2,1H3,(H,24,27,28)/t15-,17?,18?/m0/s1. The molecular weight excluding hydrogens is 421 g/mol. The first-order valence-corrected chi connectivity index (χ1v) is 12.9. The number of hydrogen-bond acceptors (Lipinski definition) is 5. The van der Waals surface area contributed by atoms with Crippen molar-refractivity contribution in [3.63, 3.8) is 0 Å². The smallest absolute Gasteiger partial charge is 0.324 e. The molecule has 0 radical (unpaired) electrons. The summed E-state index contributed by atoms with van der Waals surface area (Å²) in [6, 6.07) is 4.59. The van der Waals surface area contributed by atoms with E-state index in [1.54, 1.807) is 6.07 Å². The van der Waals surface area contributed by atoms with Crippen LogP contribution in [0.3, 0.4) is 0 Å². The SMILES string of the molecule is C[C@@H](CS(=O)(=O)CCCCCN1CC(=O)NC1=O)c1ccc(F)c(N2CC3CC3C2)c1. The topological polar surface area (TPSA) is 86.8 Å². The van der Waals surface area contributed by atoms with E-state index in [2.05, 4.69) is 10.2 Å². The summed E-state index contributed by atoms with van der Waals surface area (Å²) in [7, 11) is -3.25. The molecule has 2 saturated heterocycles. The molecule has 1 aromatic carbocycles. The van der Waals surface area contributed by atoms with E-state index < -0.39 is 9.84 Å². The molecule has 0 aromatic heterocycles. The van der Waals surface area contributed by atoms with Crippen LogP contribution in [-0.2, 0) is 14.6 Å². The summed E-state index contributed by atoms with van der Waals surface area (Å²) in [4.78, 5) is 26.2. The lowest BCUT2D eigenvalue weighted by molar-refractivity contribution is -0.118. The maximum absolute atomic E-state index is 14.4. The Balaban J connectivity index is 1.24. The van der Waals surface area contributed by atoms with Crippen LogP contribution in [0.4, 0.5) is 14.9 Å². The van der Waals surface area contributed by atoms with Gasteiger partial charge in [-0.05, 0) is 54.7 Å². The average molecular weight is 452 g/mol. The molecule has 9 heteroatoms. The Morgan fingerprint density at radius 2 is 1.90 bits per heavy atom. The van der Waals surface area contributed by atoms with Crippen molar-refractivity contribution in [3.8, 4) is 0 Å². The molecule has 1 N–H and O–H groups in total. The maximum atomic E-state index is 14.4. The van der Waals surface area contributed by atoms with E-state index in [-0.39, 0.29) is 41.7 Å². The van der Waals surface area contributed by atoms with Crippen LogP contribution >= 0.6 is 0 Å². The van der Waals surface area contributed by atoms with Crippen LogP contribution in [0.5, 0.6) is 0 Å². The molecule has 2 heterocycles. The van der Waals surface area contributed by atoms with E-state index in [4.69, 9.17) is 0 Å². The van der Waals surface area contributed by atoms with Gasteiger partial charge in [-0.25, -0.2) is 17.6 Å². The third kappa shape index (κ3) is 5.37. The number of amides is 3. The molecule has 3 atom stereocenters. The van der Waals surface area contributed by atoms with Gasteiger partial charge in [-0.1, -0.05) is 19.4 Å². The number of carbonyl (C=O) groups excluding carboxylic acids is 2. The second kappa shape index (κ2) is 8.76. The summed E-state index contributed by atoms with van der Waals surface area (Å²) in [6.45, 7) is 4.19. The highest BCUT2D eigenvalue weighted by Crippen LogP contribution is 2.46. The number of sulfone groups is 1. The van der Waals surface area contributed by atoms with Crippen molar-refractivity contribution in [1.82, 2.24) is 10.2 Å². The zero-order valence-corrected chi connectivity index (χ0v) is 18.7. The summed E-state index contributed by atoms with van der Waals surface area (Å²) in [5, 5.41) is 2.22. The highest BCUT2D eigenvalue weighted by molar-refractivity contribution is 7.91. The lowest BCUT2D eigenvalue weighted by atomic mass is 10.0. The first-order valence-electron chi connectivity index (χ1n) is 11.1. The molecule has 170 valence electrons. The molecule has 1 saturated carbocycles. The normalized spacial score (nSPS) is 23.8.